The van der Waals surface area contributed by atoms with Gasteiger partial charge in [0.25, 0.3) is 11.8 Å². The zero-order chi connectivity index (χ0) is 22.9. The van der Waals surface area contributed by atoms with Crippen LogP contribution in [0.25, 0.3) is 0 Å². The van der Waals surface area contributed by atoms with E-state index in [-0.39, 0.29) is 29.9 Å². The number of benzene rings is 3. The van der Waals surface area contributed by atoms with Crippen molar-refractivity contribution in [2.45, 2.75) is 13.0 Å². The zero-order valence-electron chi connectivity index (χ0n) is 17.3. The topological polar surface area (TPSA) is 76.7 Å². The zero-order valence-corrected chi connectivity index (χ0v) is 17.3. The van der Waals surface area contributed by atoms with Crippen LogP contribution in [0.5, 0.6) is 11.5 Å². The highest BCUT2D eigenvalue weighted by Crippen LogP contribution is 2.29. The van der Waals surface area contributed by atoms with Crippen molar-refractivity contribution in [2.24, 2.45) is 0 Å². The summed E-state index contributed by atoms with van der Waals surface area (Å²) in [5.41, 5.74) is 1.86. The number of para-hydroxylation sites is 1. The molecule has 0 aromatic heterocycles. The molecule has 3 aromatic rings. The Morgan fingerprint density at radius 2 is 1.62 bits per heavy atom. The molecule has 8 heteroatoms. The smallest absolute Gasteiger partial charge is 0.387 e. The van der Waals surface area contributed by atoms with Crippen LogP contribution in [-0.4, -0.2) is 32.1 Å². The number of carbonyl (C=O) groups excluding carboxylic acids is 2. The van der Waals surface area contributed by atoms with Gasteiger partial charge in [-0.05, 0) is 48.4 Å². The van der Waals surface area contributed by atoms with Crippen LogP contribution in [-0.2, 0) is 6.42 Å². The molecule has 0 saturated carbocycles. The van der Waals surface area contributed by atoms with Crippen LogP contribution in [0.2, 0.25) is 0 Å². The van der Waals surface area contributed by atoms with E-state index in [0.29, 0.717) is 28.8 Å². The Kier molecular flexibility index (Phi) is 7.75. The third-order valence-electron chi connectivity index (χ3n) is 4.60. The fourth-order valence-corrected chi connectivity index (χ4v) is 3.05. The number of rotatable bonds is 9. The minimum atomic E-state index is -2.97. The highest BCUT2D eigenvalue weighted by Gasteiger charge is 2.15. The third kappa shape index (κ3) is 6.04. The van der Waals surface area contributed by atoms with E-state index in [2.05, 4.69) is 15.4 Å². The molecular formula is C24H22F2N2O4. The maximum Gasteiger partial charge on any atom is 0.387 e. The Hall–Kier alpha value is -3.94. The van der Waals surface area contributed by atoms with Gasteiger partial charge in [0.15, 0.2) is 11.5 Å². The molecule has 0 saturated heterocycles. The van der Waals surface area contributed by atoms with Crippen molar-refractivity contribution in [3.05, 3.63) is 89.5 Å². The second-order valence-corrected chi connectivity index (χ2v) is 6.74. The van der Waals surface area contributed by atoms with Gasteiger partial charge in [0.05, 0.1) is 18.4 Å². The lowest BCUT2D eigenvalue weighted by Crippen LogP contribution is -2.27. The molecule has 3 aromatic carbocycles. The minimum Gasteiger partial charge on any atom is -0.493 e. The number of halogens is 2. The first kappa shape index (κ1) is 22.7. The van der Waals surface area contributed by atoms with Gasteiger partial charge in [0.2, 0.25) is 0 Å². The third-order valence-corrected chi connectivity index (χ3v) is 4.60. The van der Waals surface area contributed by atoms with Crippen molar-refractivity contribution in [1.82, 2.24) is 5.32 Å². The van der Waals surface area contributed by atoms with Crippen LogP contribution < -0.4 is 20.1 Å². The molecule has 0 aliphatic rings. The van der Waals surface area contributed by atoms with Gasteiger partial charge >= 0.3 is 6.61 Å². The highest BCUT2D eigenvalue weighted by molar-refractivity contribution is 6.08. The van der Waals surface area contributed by atoms with E-state index in [1.54, 1.807) is 54.6 Å². The molecule has 0 bridgehead atoms. The second kappa shape index (κ2) is 10.9. The van der Waals surface area contributed by atoms with Crippen molar-refractivity contribution in [3.63, 3.8) is 0 Å². The van der Waals surface area contributed by atoms with Gasteiger partial charge in [0, 0.05) is 12.1 Å². The Morgan fingerprint density at radius 1 is 0.906 bits per heavy atom. The van der Waals surface area contributed by atoms with Gasteiger partial charge in [0.1, 0.15) is 0 Å². The van der Waals surface area contributed by atoms with E-state index < -0.39 is 6.61 Å². The quantitative estimate of drug-likeness (QED) is 0.513. The van der Waals surface area contributed by atoms with Crippen molar-refractivity contribution in [3.8, 4) is 11.5 Å². The summed E-state index contributed by atoms with van der Waals surface area (Å²) in [5.74, 6) is -0.566. The molecule has 0 aliphatic heterocycles. The lowest BCUT2D eigenvalue weighted by Gasteiger charge is -2.13. The summed E-state index contributed by atoms with van der Waals surface area (Å²) in [5, 5.41) is 5.53. The summed E-state index contributed by atoms with van der Waals surface area (Å²) in [6, 6.07) is 20.0. The fraction of sp³-hybridized carbons (Fsp3) is 0.167. The molecule has 0 spiro atoms. The van der Waals surface area contributed by atoms with Crippen molar-refractivity contribution < 1.29 is 27.8 Å². The normalized spacial score (nSPS) is 10.5. The van der Waals surface area contributed by atoms with Crippen molar-refractivity contribution in [1.29, 1.82) is 0 Å². The Labute approximate surface area is 184 Å². The lowest BCUT2D eigenvalue weighted by atomic mass is 10.1. The molecule has 0 fully saturated rings. The van der Waals surface area contributed by atoms with Crippen LogP contribution >= 0.6 is 0 Å². The van der Waals surface area contributed by atoms with Crippen LogP contribution in [0, 0.1) is 0 Å². The van der Waals surface area contributed by atoms with Gasteiger partial charge < -0.3 is 20.1 Å². The number of amides is 2. The number of methoxy groups -OCH3 is 1. The summed E-state index contributed by atoms with van der Waals surface area (Å²) in [4.78, 5) is 25.1. The molecule has 3 rings (SSSR count). The summed E-state index contributed by atoms with van der Waals surface area (Å²) >= 11 is 0. The maximum atomic E-state index is 12.7. The first-order valence-corrected chi connectivity index (χ1v) is 9.83. The predicted molar refractivity (Wildman–Crippen MR) is 117 cm³/mol. The van der Waals surface area contributed by atoms with Crippen molar-refractivity contribution >= 4 is 17.5 Å². The SMILES string of the molecule is COc1ccc(CCNC(=O)c2ccccc2NC(=O)c2ccccc2)cc1OC(F)F. The minimum absolute atomic E-state index is 0.0692. The number of hydrogen-bond donors (Lipinski definition) is 2. The standard InChI is InChI=1S/C24H22F2N2O4/c1-31-20-12-11-16(15-21(20)32-24(25)26)13-14-27-23(30)18-9-5-6-10-19(18)28-22(29)17-7-3-2-4-8-17/h2-12,15,24H,13-14H2,1H3,(H,27,30)(H,28,29). The van der Waals surface area contributed by atoms with Gasteiger partial charge in [-0.1, -0.05) is 36.4 Å². The van der Waals surface area contributed by atoms with Crippen LogP contribution in [0.4, 0.5) is 14.5 Å². The molecule has 6 nitrogen and oxygen atoms in total. The van der Waals surface area contributed by atoms with Crippen LogP contribution in [0.3, 0.4) is 0 Å². The van der Waals surface area contributed by atoms with Gasteiger partial charge in [-0.2, -0.15) is 8.78 Å². The fourth-order valence-electron chi connectivity index (χ4n) is 3.05. The molecule has 0 heterocycles. The average molecular weight is 440 g/mol. The van der Waals surface area contributed by atoms with Gasteiger partial charge in [-0.25, -0.2) is 0 Å². The molecular weight excluding hydrogens is 418 g/mol. The Balaban J connectivity index is 1.63. The number of alkyl halides is 2. The molecule has 32 heavy (non-hydrogen) atoms. The molecule has 2 N–H and O–H groups in total. The first-order chi connectivity index (χ1) is 15.5. The highest BCUT2D eigenvalue weighted by atomic mass is 19.3. The summed E-state index contributed by atoms with van der Waals surface area (Å²) in [6.45, 7) is -2.72. The number of anilines is 1. The van der Waals surface area contributed by atoms with Gasteiger partial charge in [-0.15, -0.1) is 0 Å². The predicted octanol–water partition coefficient (Wildman–Crippen LogP) is 4.52. The molecule has 0 radical (unpaired) electrons. The monoisotopic (exact) mass is 440 g/mol. The Morgan fingerprint density at radius 3 is 2.34 bits per heavy atom. The van der Waals surface area contributed by atoms with Crippen LogP contribution in [0.1, 0.15) is 26.3 Å². The van der Waals surface area contributed by atoms with Crippen LogP contribution in [0.15, 0.2) is 72.8 Å². The van der Waals surface area contributed by atoms with E-state index in [4.69, 9.17) is 4.74 Å². The van der Waals surface area contributed by atoms with E-state index >= 15 is 0 Å². The largest absolute Gasteiger partial charge is 0.493 e. The molecule has 0 unspecified atom stereocenters. The summed E-state index contributed by atoms with van der Waals surface area (Å²) < 4.78 is 34.7. The molecule has 0 atom stereocenters. The molecule has 0 aliphatic carbocycles. The number of hydrogen-bond acceptors (Lipinski definition) is 4. The molecule has 166 valence electrons. The lowest BCUT2D eigenvalue weighted by molar-refractivity contribution is -0.0512. The van der Waals surface area contributed by atoms with Crippen molar-refractivity contribution in [2.75, 3.05) is 19.0 Å². The van der Waals surface area contributed by atoms with E-state index in [1.165, 1.54) is 19.2 Å². The van der Waals surface area contributed by atoms with E-state index in [1.807, 2.05) is 6.07 Å². The summed E-state index contributed by atoms with van der Waals surface area (Å²) in [7, 11) is 1.36. The second-order valence-electron chi connectivity index (χ2n) is 6.74. The Bertz CT molecular complexity index is 1070. The number of nitrogens with one attached hydrogen (secondary N) is 2. The first-order valence-electron chi connectivity index (χ1n) is 9.83. The van der Waals surface area contributed by atoms with E-state index in [9.17, 15) is 18.4 Å². The average Bonchev–Trinajstić information content (AvgIpc) is 2.79. The molecule has 2 amide bonds. The summed E-state index contributed by atoms with van der Waals surface area (Å²) in [6.07, 6.45) is 0.383. The number of ether oxygens (including phenoxy) is 2. The number of carbonyl (C=O) groups is 2. The maximum absolute atomic E-state index is 12.7. The van der Waals surface area contributed by atoms with Gasteiger partial charge in [-0.3, -0.25) is 9.59 Å². The van der Waals surface area contributed by atoms with E-state index in [0.717, 1.165) is 0 Å².